The van der Waals surface area contributed by atoms with Crippen LogP contribution in [-0.2, 0) is 25.5 Å². The second-order valence-electron chi connectivity index (χ2n) is 7.55. The Hall–Kier alpha value is -2.94. The first kappa shape index (κ1) is 21.8. The van der Waals surface area contributed by atoms with Crippen molar-refractivity contribution in [2.45, 2.75) is 31.3 Å². The maximum atomic E-state index is 13.0. The second kappa shape index (κ2) is 10.7. The van der Waals surface area contributed by atoms with Gasteiger partial charge in [0.2, 0.25) is 11.8 Å². The average molecular weight is 416 g/mol. The Morgan fingerprint density at radius 2 is 1.93 bits per heavy atom. The number of amides is 4. The molecular weight excluding hydrogens is 388 g/mol. The molecule has 0 spiro atoms. The van der Waals surface area contributed by atoms with E-state index in [1.165, 1.54) is 0 Å². The molecule has 1 unspecified atom stereocenters. The largest absolute Gasteiger partial charge is 0.378 e. The van der Waals surface area contributed by atoms with E-state index in [0.29, 0.717) is 45.6 Å². The third kappa shape index (κ3) is 6.03. The molecule has 1 aromatic carbocycles. The zero-order valence-electron chi connectivity index (χ0n) is 16.8. The van der Waals surface area contributed by atoms with Gasteiger partial charge >= 0.3 is 6.03 Å². The molecule has 162 valence electrons. The van der Waals surface area contributed by atoms with Crippen LogP contribution < -0.4 is 16.0 Å². The van der Waals surface area contributed by atoms with Crippen LogP contribution in [0.4, 0.5) is 4.79 Å². The normalized spacial score (nSPS) is 20.7. The summed E-state index contributed by atoms with van der Waals surface area (Å²) >= 11 is 0. The third-order valence-corrected chi connectivity index (χ3v) is 5.39. The molecule has 2 fully saturated rings. The third-order valence-electron chi connectivity index (χ3n) is 5.39. The van der Waals surface area contributed by atoms with Gasteiger partial charge in [-0.2, -0.15) is 0 Å². The van der Waals surface area contributed by atoms with Crippen molar-refractivity contribution in [3.8, 4) is 0 Å². The molecule has 9 heteroatoms. The number of hydrogen-bond acceptors (Lipinski definition) is 5. The van der Waals surface area contributed by atoms with Gasteiger partial charge in [0.05, 0.1) is 19.3 Å². The molecule has 0 saturated carbocycles. The summed E-state index contributed by atoms with van der Waals surface area (Å²) in [5.41, 5.74) is 0.887. The fraction of sp³-hybridized carbons (Fsp3) is 0.524. The van der Waals surface area contributed by atoms with Crippen LogP contribution in [0.15, 0.2) is 30.3 Å². The Balaban J connectivity index is 1.65. The van der Waals surface area contributed by atoms with Gasteiger partial charge in [-0.05, 0) is 18.4 Å². The minimum absolute atomic E-state index is 0.0995. The van der Waals surface area contributed by atoms with E-state index >= 15 is 0 Å². The summed E-state index contributed by atoms with van der Waals surface area (Å²) < 4.78 is 5.26. The second-order valence-corrected chi connectivity index (χ2v) is 7.55. The topological polar surface area (TPSA) is 117 Å². The van der Waals surface area contributed by atoms with Crippen molar-refractivity contribution in [2.75, 3.05) is 32.8 Å². The van der Waals surface area contributed by atoms with Gasteiger partial charge in [0.1, 0.15) is 12.3 Å². The Morgan fingerprint density at radius 1 is 1.20 bits per heavy atom. The zero-order valence-corrected chi connectivity index (χ0v) is 16.8. The van der Waals surface area contributed by atoms with Crippen molar-refractivity contribution in [1.29, 1.82) is 0 Å². The molecule has 0 radical (unpaired) electrons. The fourth-order valence-electron chi connectivity index (χ4n) is 3.67. The first-order valence-corrected chi connectivity index (χ1v) is 10.3. The number of ether oxygens (including phenoxy) is 1. The summed E-state index contributed by atoms with van der Waals surface area (Å²) in [5, 5.41) is 8.22. The minimum atomic E-state index is -0.845. The number of rotatable bonds is 8. The smallest absolute Gasteiger partial charge is 0.318 e. The van der Waals surface area contributed by atoms with Crippen LogP contribution in [0.25, 0.3) is 0 Å². The Kier molecular flexibility index (Phi) is 7.78. The van der Waals surface area contributed by atoms with Gasteiger partial charge in [-0.25, -0.2) is 4.79 Å². The zero-order chi connectivity index (χ0) is 21.3. The molecule has 3 rings (SSSR count). The lowest BCUT2D eigenvalue weighted by molar-refractivity contribution is -0.127. The first-order valence-electron chi connectivity index (χ1n) is 10.3. The first-order chi connectivity index (χ1) is 14.6. The van der Waals surface area contributed by atoms with Crippen LogP contribution in [-0.4, -0.2) is 74.0 Å². The summed E-state index contributed by atoms with van der Waals surface area (Å²) in [4.78, 5) is 50.5. The van der Waals surface area contributed by atoms with Gasteiger partial charge in [-0.15, -0.1) is 0 Å². The molecule has 0 aliphatic carbocycles. The SMILES string of the molecule is O=C[C@H](CC1CCNC1=O)NC(=O)[C@H](Cc1ccccc1)NC(=O)N1CCOCC1. The quantitative estimate of drug-likeness (QED) is 0.510. The highest BCUT2D eigenvalue weighted by atomic mass is 16.5. The van der Waals surface area contributed by atoms with Gasteiger partial charge in [-0.1, -0.05) is 30.3 Å². The molecule has 9 nitrogen and oxygen atoms in total. The lowest BCUT2D eigenvalue weighted by Gasteiger charge is -2.29. The van der Waals surface area contributed by atoms with E-state index in [1.807, 2.05) is 30.3 Å². The van der Waals surface area contributed by atoms with Gasteiger partial charge in [-0.3, -0.25) is 9.59 Å². The molecule has 30 heavy (non-hydrogen) atoms. The van der Waals surface area contributed by atoms with Crippen LogP contribution in [0.5, 0.6) is 0 Å². The van der Waals surface area contributed by atoms with Crippen molar-refractivity contribution >= 4 is 24.1 Å². The van der Waals surface area contributed by atoms with Crippen molar-refractivity contribution in [3.05, 3.63) is 35.9 Å². The Labute approximate surface area is 175 Å². The molecule has 0 aromatic heterocycles. The number of hydrogen-bond donors (Lipinski definition) is 3. The number of morpholine rings is 1. The summed E-state index contributed by atoms with van der Waals surface area (Å²) in [6.07, 6.45) is 1.82. The van der Waals surface area contributed by atoms with Crippen molar-refractivity contribution < 1.29 is 23.9 Å². The molecule has 2 saturated heterocycles. The Morgan fingerprint density at radius 3 is 2.57 bits per heavy atom. The molecule has 4 amide bonds. The number of nitrogens with one attached hydrogen (secondary N) is 3. The van der Waals surface area contributed by atoms with Gasteiger partial charge in [0, 0.05) is 32.0 Å². The number of carbonyl (C=O) groups excluding carboxylic acids is 4. The highest BCUT2D eigenvalue weighted by molar-refractivity contribution is 5.89. The summed E-state index contributed by atoms with van der Waals surface area (Å²) in [6, 6.07) is 7.38. The van der Waals surface area contributed by atoms with E-state index in [4.69, 9.17) is 4.74 Å². The van der Waals surface area contributed by atoms with Gasteiger partial charge in [0.25, 0.3) is 0 Å². The van der Waals surface area contributed by atoms with Crippen molar-refractivity contribution in [3.63, 3.8) is 0 Å². The Bertz CT molecular complexity index is 751. The maximum Gasteiger partial charge on any atom is 0.318 e. The number of aldehydes is 1. The standard InChI is InChI=1S/C21H28N4O5/c26-14-17(13-16-6-7-22-19(16)27)23-20(28)18(12-15-4-2-1-3-5-15)24-21(29)25-8-10-30-11-9-25/h1-5,14,16-18H,6-13H2,(H,22,27)(H,23,28)(H,24,29)/t16?,17-,18-/m0/s1. The molecule has 2 aliphatic heterocycles. The molecular formula is C21H28N4O5. The maximum absolute atomic E-state index is 13.0. The lowest BCUT2D eigenvalue weighted by atomic mass is 9.98. The van der Waals surface area contributed by atoms with Gasteiger partial charge in [0.15, 0.2) is 0 Å². The van der Waals surface area contributed by atoms with Crippen molar-refractivity contribution in [2.24, 2.45) is 5.92 Å². The number of benzene rings is 1. The molecule has 3 N–H and O–H groups in total. The summed E-state index contributed by atoms with van der Waals surface area (Å²) in [5.74, 6) is -0.843. The van der Waals surface area contributed by atoms with Crippen LogP contribution in [0.3, 0.4) is 0 Å². The van der Waals surface area contributed by atoms with E-state index in [1.54, 1.807) is 4.90 Å². The van der Waals surface area contributed by atoms with Crippen LogP contribution >= 0.6 is 0 Å². The van der Waals surface area contributed by atoms with Crippen LogP contribution in [0.1, 0.15) is 18.4 Å². The summed E-state index contributed by atoms with van der Waals surface area (Å²) in [6.45, 7) is 2.41. The minimum Gasteiger partial charge on any atom is -0.378 e. The van der Waals surface area contributed by atoms with Crippen LogP contribution in [0, 0.1) is 5.92 Å². The highest BCUT2D eigenvalue weighted by Gasteiger charge is 2.30. The van der Waals surface area contributed by atoms with E-state index in [2.05, 4.69) is 16.0 Å². The molecule has 3 atom stereocenters. The molecule has 0 bridgehead atoms. The van der Waals surface area contributed by atoms with E-state index in [9.17, 15) is 19.2 Å². The van der Waals surface area contributed by atoms with E-state index in [-0.39, 0.29) is 30.7 Å². The number of carbonyl (C=O) groups is 4. The summed E-state index contributed by atoms with van der Waals surface area (Å²) in [7, 11) is 0. The van der Waals surface area contributed by atoms with Crippen molar-refractivity contribution in [1.82, 2.24) is 20.9 Å². The highest BCUT2D eigenvalue weighted by Crippen LogP contribution is 2.15. The predicted octanol–water partition coefficient (Wildman–Crippen LogP) is -0.151. The monoisotopic (exact) mass is 416 g/mol. The van der Waals surface area contributed by atoms with Crippen LogP contribution in [0.2, 0.25) is 0 Å². The lowest BCUT2D eigenvalue weighted by Crippen LogP contribution is -2.55. The van der Waals surface area contributed by atoms with Gasteiger partial charge < -0.3 is 30.4 Å². The average Bonchev–Trinajstić information content (AvgIpc) is 3.18. The van der Waals surface area contributed by atoms with E-state index < -0.39 is 18.0 Å². The number of urea groups is 1. The number of nitrogens with zero attached hydrogens (tertiary/aromatic N) is 1. The molecule has 1 aromatic rings. The fourth-order valence-corrected chi connectivity index (χ4v) is 3.67. The van der Waals surface area contributed by atoms with E-state index in [0.717, 1.165) is 5.56 Å². The molecule has 2 aliphatic rings. The molecule has 2 heterocycles. The predicted molar refractivity (Wildman–Crippen MR) is 109 cm³/mol.